The number of urea groups is 1. The molecule has 1 atom stereocenters. The fourth-order valence-corrected chi connectivity index (χ4v) is 4.52. The lowest BCUT2D eigenvalue weighted by Gasteiger charge is -2.28. The summed E-state index contributed by atoms with van der Waals surface area (Å²) < 4.78 is 15.1. The molecule has 12 heteroatoms. The minimum Gasteiger partial charge on any atom is -0.368 e. The van der Waals surface area contributed by atoms with E-state index in [4.69, 9.17) is 9.82 Å². The summed E-state index contributed by atoms with van der Waals surface area (Å²) in [6.07, 6.45) is 3.89. The third-order valence-electron chi connectivity index (χ3n) is 6.87. The molecule has 3 N–H and O–H groups in total. The number of benzene rings is 1. The van der Waals surface area contributed by atoms with E-state index in [0.29, 0.717) is 47.6 Å². The average Bonchev–Trinajstić information content (AvgIpc) is 3.60. The number of amidine groups is 1. The summed E-state index contributed by atoms with van der Waals surface area (Å²) in [6.45, 7) is 6.99. The highest BCUT2D eigenvalue weighted by molar-refractivity contribution is 6.38. The van der Waals surface area contributed by atoms with Gasteiger partial charge < -0.3 is 30.3 Å². The number of H-pyrrole nitrogens is 1. The highest BCUT2D eigenvalue weighted by Gasteiger charge is 2.34. The number of aromatic amines is 1. The number of carbonyl (C=O) groups excluding carboxylic acids is 2. The van der Waals surface area contributed by atoms with Crippen LogP contribution in [-0.2, 0) is 16.2 Å². The fraction of sp³-hybridized carbons (Fsp3) is 0.393. The van der Waals surface area contributed by atoms with Gasteiger partial charge in [-0.2, -0.15) is 0 Å². The zero-order valence-electron chi connectivity index (χ0n) is 23.2. The average molecular weight is 549 g/mol. The van der Waals surface area contributed by atoms with E-state index in [2.05, 4.69) is 25.8 Å². The van der Waals surface area contributed by atoms with Gasteiger partial charge in [-0.05, 0) is 29.7 Å². The zero-order chi connectivity index (χ0) is 28.6. The largest absolute Gasteiger partial charge is 0.368 e. The fourth-order valence-electron chi connectivity index (χ4n) is 4.52. The van der Waals surface area contributed by atoms with Crippen LogP contribution in [-0.4, -0.2) is 75.9 Å². The Labute approximate surface area is 231 Å². The summed E-state index contributed by atoms with van der Waals surface area (Å²) in [7, 11) is 3.47. The van der Waals surface area contributed by atoms with Gasteiger partial charge in [-0.1, -0.05) is 44.1 Å². The van der Waals surface area contributed by atoms with Gasteiger partial charge in [0, 0.05) is 56.5 Å². The van der Waals surface area contributed by atoms with Gasteiger partial charge in [0.1, 0.15) is 17.2 Å². The first-order chi connectivity index (χ1) is 19.0. The summed E-state index contributed by atoms with van der Waals surface area (Å²) in [5.41, 5.74) is 3.69. The minimum absolute atomic E-state index is 0.00830. The van der Waals surface area contributed by atoms with Crippen molar-refractivity contribution in [2.45, 2.75) is 40.0 Å². The Morgan fingerprint density at radius 3 is 2.70 bits per heavy atom. The van der Waals surface area contributed by atoms with Crippen LogP contribution >= 0.6 is 0 Å². The van der Waals surface area contributed by atoms with Gasteiger partial charge in [0.25, 0.3) is 5.91 Å². The summed E-state index contributed by atoms with van der Waals surface area (Å²) in [4.78, 5) is 45.8. The van der Waals surface area contributed by atoms with Crippen molar-refractivity contribution in [3.8, 4) is 11.1 Å². The standard InChI is InChI=1S/C28H33FN8O3/c1-28(2,3)26-34-24(35-40-26)25(38)31-15-18-7-6-17(14-20(18)29)19-8-11-30-23-21(19)32-22(33-23)16-9-12-37(13-10-16)27(39)36(4)5/h6-9,11,14,26H,10,12-13,15H2,1-5H3,(H,31,38)(H,34,35)(H,30,32,33). The van der Waals surface area contributed by atoms with E-state index >= 15 is 4.39 Å². The van der Waals surface area contributed by atoms with Crippen LogP contribution in [0.15, 0.2) is 41.7 Å². The molecule has 5 rings (SSSR count). The smallest absolute Gasteiger partial charge is 0.319 e. The van der Waals surface area contributed by atoms with Gasteiger partial charge in [-0.15, -0.1) is 0 Å². The minimum atomic E-state index is -0.471. The Kier molecular flexibility index (Phi) is 7.17. The van der Waals surface area contributed by atoms with Crippen LogP contribution in [0.25, 0.3) is 27.9 Å². The highest BCUT2D eigenvalue weighted by Crippen LogP contribution is 2.30. The Morgan fingerprint density at radius 2 is 2.05 bits per heavy atom. The number of nitrogens with one attached hydrogen (secondary N) is 3. The van der Waals surface area contributed by atoms with Crippen molar-refractivity contribution in [2.75, 3.05) is 27.2 Å². The van der Waals surface area contributed by atoms with Crippen molar-refractivity contribution in [1.82, 2.24) is 35.4 Å². The van der Waals surface area contributed by atoms with Crippen LogP contribution in [0.5, 0.6) is 0 Å². The maximum atomic E-state index is 15.1. The zero-order valence-corrected chi connectivity index (χ0v) is 23.2. The van der Waals surface area contributed by atoms with Gasteiger partial charge in [-0.3, -0.25) is 4.79 Å². The monoisotopic (exact) mass is 548 g/mol. The molecule has 0 radical (unpaired) electrons. The van der Waals surface area contributed by atoms with Gasteiger partial charge in [-0.25, -0.2) is 19.2 Å². The van der Waals surface area contributed by atoms with Gasteiger partial charge in [0.2, 0.25) is 12.1 Å². The van der Waals surface area contributed by atoms with Crippen LogP contribution in [0.3, 0.4) is 0 Å². The van der Waals surface area contributed by atoms with Crippen LogP contribution < -0.4 is 10.6 Å². The lowest BCUT2D eigenvalue weighted by Crippen LogP contribution is -2.45. The molecule has 11 nitrogen and oxygen atoms in total. The Bertz CT molecular complexity index is 1520. The molecular formula is C28H33FN8O3. The Hall–Kier alpha value is -4.48. The summed E-state index contributed by atoms with van der Waals surface area (Å²) in [5.74, 6) is -0.172. The normalized spacial score (nSPS) is 17.1. The number of amides is 3. The molecule has 1 aromatic carbocycles. The molecular weight excluding hydrogens is 515 g/mol. The van der Waals surface area contributed by atoms with Crippen molar-refractivity contribution in [2.24, 2.45) is 10.6 Å². The molecule has 3 amide bonds. The number of hydrogen-bond donors (Lipinski definition) is 3. The number of hydrogen-bond acceptors (Lipinski definition) is 7. The number of nitrogens with zero attached hydrogens (tertiary/aromatic N) is 5. The molecule has 3 aromatic rings. The number of imidazole rings is 1. The second-order valence-electron chi connectivity index (χ2n) is 11.2. The number of aromatic nitrogens is 3. The van der Waals surface area contributed by atoms with E-state index in [0.717, 1.165) is 11.1 Å². The molecule has 210 valence electrons. The van der Waals surface area contributed by atoms with Crippen molar-refractivity contribution in [3.63, 3.8) is 0 Å². The van der Waals surface area contributed by atoms with Crippen molar-refractivity contribution in [1.29, 1.82) is 0 Å². The van der Waals surface area contributed by atoms with Crippen molar-refractivity contribution < 1.29 is 18.8 Å². The first kappa shape index (κ1) is 27.1. The van der Waals surface area contributed by atoms with Gasteiger partial charge in [0.05, 0.1) is 0 Å². The van der Waals surface area contributed by atoms with Crippen LogP contribution in [0, 0.1) is 11.2 Å². The second kappa shape index (κ2) is 10.6. The van der Waals surface area contributed by atoms with E-state index in [1.165, 1.54) is 6.07 Å². The van der Waals surface area contributed by atoms with Crippen molar-refractivity contribution in [3.05, 3.63) is 53.7 Å². The first-order valence-electron chi connectivity index (χ1n) is 13.1. The molecule has 2 aromatic heterocycles. The van der Waals surface area contributed by atoms with E-state index in [9.17, 15) is 9.59 Å². The Morgan fingerprint density at radius 1 is 1.25 bits per heavy atom. The predicted molar refractivity (Wildman–Crippen MR) is 149 cm³/mol. The SMILES string of the molecule is CN(C)C(=O)N1CC=C(c2nc3c(-c4ccc(CNC(=O)C5=NOC(C(C)(C)C)N5)c(F)c4)ccnc3[nH]2)CC1. The Balaban J connectivity index is 1.29. The van der Waals surface area contributed by atoms with Gasteiger partial charge >= 0.3 is 6.03 Å². The van der Waals surface area contributed by atoms with Crippen LogP contribution in [0.2, 0.25) is 0 Å². The molecule has 40 heavy (non-hydrogen) atoms. The number of pyridine rings is 1. The maximum Gasteiger partial charge on any atom is 0.319 e. The molecule has 2 aliphatic heterocycles. The lowest BCUT2D eigenvalue weighted by molar-refractivity contribution is -0.115. The summed E-state index contributed by atoms with van der Waals surface area (Å²) in [5, 5.41) is 9.45. The number of fused-ring (bicyclic) bond motifs is 1. The molecule has 0 saturated heterocycles. The maximum absolute atomic E-state index is 15.1. The quantitative estimate of drug-likeness (QED) is 0.448. The molecule has 1 unspecified atom stereocenters. The van der Waals surface area contributed by atoms with Crippen LogP contribution in [0.4, 0.5) is 9.18 Å². The van der Waals surface area contributed by atoms with Crippen LogP contribution in [0.1, 0.15) is 38.6 Å². The van der Waals surface area contributed by atoms with E-state index in [-0.39, 0.29) is 23.8 Å². The number of rotatable bonds is 5. The van der Waals surface area contributed by atoms with Crippen molar-refractivity contribution >= 4 is 34.5 Å². The molecule has 0 aliphatic carbocycles. The molecule has 0 fully saturated rings. The second-order valence-corrected chi connectivity index (χ2v) is 11.2. The molecule has 0 bridgehead atoms. The van der Waals surface area contributed by atoms with E-state index < -0.39 is 18.0 Å². The summed E-state index contributed by atoms with van der Waals surface area (Å²) in [6, 6.07) is 6.64. The first-order valence-corrected chi connectivity index (χ1v) is 13.1. The lowest BCUT2D eigenvalue weighted by atomic mass is 9.94. The van der Waals surface area contributed by atoms with E-state index in [1.807, 2.05) is 26.8 Å². The summed E-state index contributed by atoms with van der Waals surface area (Å²) >= 11 is 0. The number of oxime groups is 1. The number of halogens is 1. The predicted octanol–water partition coefficient (Wildman–Crippen LogP) is 3.46. The molecule has 4 heterocycles. The van der Waals surface area contributed by atoms with Gasteiger partial charge in [0.15, 0.2) is 5.65 Å². The topological polar surface area (TPSA) is 128 Å². The third-order valence-corrected chi connectivity index (χ3v) is 6.87. The molecule has 0 saturated carbocycles. The number of carbonyl (C=O) groups is 2. The third kappa shape index (κ3) is 5.47. The van der Waals surface area contributed by atoms with E-state index in [1.54, 1.807) is 48.3 Å². The molecule has 2 aliphatic rings. The molecule has 0 spiro atoms. The highest BCUT2D eigenvalue weighted by atomic mass is 19.1.